The Morgan fingerprint density at radius 2 is 1.78 bits per heavy atom. The van der Waals surface area contributed by atoms with Crippen LogP contribution >= 0.6 is 11.6 Å². The summed E-state index contributed by atoms with van der Waals surface area (Å²) in [5.74, 6) is 0.949. The highest BCUT2D eigenvalue weighted by Gasteiger charge is 2.29. The third kappa shape index (κ3) is 4.94. The lowest BCUT2D eigenvalue weighted by molar-refractivity contribution is -0.120. The minimum Gasteiger partial charge on any atom is -0.497 e. The van der Waals surface area contributed by atoms with Crippen LogP contribution in [0.1, 0.15) is 39.3 Å². The fourth-order valence-corrected chi connectivity index (χ4v) is 4.25. The predicted molar refractivity (Wildman–Crippen MR) is 139 cm³/mol. The van der Waals surface area contributed by atoms with Crippen LogP contribution in [0, 0.1) is 6.92 Å². The van der Waals surface area contributed by atoms with E-state index in [4.69, 9.17) is 21.3 Å². The highest BCUT2D eigenvalue weighted by molar-refractivity contribution is 6.30. The summed E-state index contributed by atoms with van der Waals surface area (Å²) in [5, 5.41) is 14.7. The topological polar surface area (TPSA) is 110 Å². The molecule has 0 saturated carbocycles. The van der Waals surface area contributed by atoms with Crippen LogP contribution < -0.4 is 15.4 Å². The molecule has 4 aromatic rings. The molecule has 2 N–H and O–H groups in total. The van der Waals surface area contributed by atoms with Crippen LogP contribution in [0.25, 0.3) is 5.69 Å². The molecule has 186 valence electrons. The van der Waals surface area contributed by atoms with Crippen LogP contribution in [0.2, 0.25) is 5.02 Å². The number of hydrogen-bond acceptors (Lipinski definition) is 6. The second-order valence-electron chi connectivity index (χ2n) is 8.33. The summed E-state index contributed by atoms with van der Waals surface area (Å²) in [5.41, 5.74) is 3.45. The van der Waals surface area contributed by atoms with E-state index in [9.17, 15) is 9.59 Å². The smallest absolute Gasteiger partial charge is 0.251 e. The van der Waals surface area contributed by atoms with Gasteiger partial charge in [-0.15, -0.1) is 10.2 Å². The van der Waals surface area contributed by atoms with Crippen molar-refractivity contribution >= 4 is 29.1 Å². The van der Waals surface area contributed by atoms with Crippen LogP contribution in [0.4, 0.5) is 0 Å². The number of amides is 2. The Kier molecular flexibility index (Phi) is 6.70. The van der Waals surface area contributed by atoms with E-state index in [1.54, 1.807) is 43.5 Å². The van der Waals surface area contributed by atoms with Crippen molar-refractivity contribution in [2.75, 3.05) is 13.7 Å². The van der Waals surface area contributed by atoms with Crippen LogP contribution in [0.15, 0.2) is 77.8 Å². The van der Waals surface area contributed by atoms with Gasteiger partial charge in [0.05, 0.1) is 25.1 Å². The minimum atomic E-state index is -0.869. The molecule has 1 atom stereocenters. The van der Waals surface area contributed by atoms with E-state index in [1.165, 1.54) is 0 Å². The first kappa shape index (κ1) is 24.2. The Bertz CT molecular complexity index is 1500. The molecule has 1 aromatic heterocycles. The van der Waals surface area contributed by atoms with E-state index < -0.39 is 12.1 Å². The largest absolute Gasteiger partial charge is 0.497 e. The second-order valence-corrected chi connectivity index (χ2v) is 8.76. The SMILES string of the molecule is COc1ccc2c(c1)C(c1ccc(Cl)cc1)=N[C@@H](NC(=O)CNC(=O)c1ccccc1)c1nnc(C)n1-2. The summed E-state index contributed by atoms with van der Waals surface area (Å²) in [6.07, 6.45) is -0.869. The number of carbonyl (C=O) groups excluding carboxylic acids is 2. The lowest BCUT2D eigenvalue weighted by Crippen LogP contribution is -2.39. The Morgan fingerprint density at radius 3 is 2.51 bits per heavy atom. The molecule has 37 heavy (non-hydrogen) atoms. The molecule has 10 heteroatoms. The molecule has 0 spiro atoms. The number of aromatic nitrogens is 3. The van der Waals surface area contributed by atoms with Crippen molar-refractivity contribution in [1.82, 2.24) is 25.4 Å². The fraction of sp³-hybridized carbons (Fsp3) is 0.148. The number of hydrogen-bond donors (Lipinski definition) is 2. The lowest BCUT2D eigenvalue weighted by Gasteiger charge is -2.15. The first-order chi connectivity index (χ1) is 17.9. The maximum atomic E-state index is 12.9. The number of rotatable bonds is 6. The van der Waals surface area contributed by atoms with Gasteiger partial charge in [-0.2, -0.15) is 0 Å². The molecule has 5 rings (SSSR count). The van der Waals surface area contributed by atoms with Crippen molar-refractivity contribution in [3.8, 4) is 11.4 Å². The summed E-state index contributed by atoms with van der Waals surface area (Å²) in [7, 11) is 1.60. The number of carbonyl (C=O) groups is 2. The van der Waals surface area contributed by atoms with Gasteiger partial charge in [0, 0.05) is 21.7 Å². The Hall–Kier alpha value is -4.50. The van der Waals surface area contributed by atoms with Gasteiger partial charge in [-0.05, 0) is 49.4 Å². The van der Waals surface area contributed by atoms with Crippen molar-refractivity contribution in [2.45, 2.75) is 13.1 Å². The normalized spacial score (nSPS) is 14.0. The Labute approximate surface area is 218 Å². The van der Waals surface area contributed by atoms with Crippen molar-refractivity contribution in [3.05, 3.63) is 106 Å². The van der Waals surface area contributed by atoms with Gasteiger partial charge in [-0.25, -0.2) is 0 Å². The molecule has 0 bridgehead atoms. The van der Waals surface area contributed by atoms with E-state index in [0.717, 1.165) is 16.8 Å². The van der Waals surface area contributed by atoms with Gasteiger partial charge < -0.3 is 15.4 Å². The maximum absolute atomic E-state index is 12.9. The van der Waals surface area contributed by atoms with Crippen molar-refractivity contribution in [1.29, 1.82) is 0 Å². The molecule has 2 amide bonds. The Balaban J connectivity index is 1.52. The van der Waals surface area contributed by atoms with Gasteiger partial charge in [0.15, 0.2) is 12.0 Å². The van der Waals surface area contributed by atoms with Crippen LogP contribution in [-0.2, 0) is 4.79 Å². The zero-order valence-electron chi connectivity index (χ0n) is 20.1. The number of fused-ring (bicyclic) bond motifs is 3. The summed E-state index contributed by atoms with van der Waals surface area (Å²) in [6, 6.07) is 21.6. The molecule has 0 unspecified atom stereocenters. The summed E-state index contributed by atoms with van der Waals surface area (Å²) >= 11 is 6.14. The Morgan fingerprint density at radius 1 is 1.03 bits per heavy atom. The molecular formula is C27H23ClN6O3. The highest BCUT2D eigenvalue weighted by atomic mass is 35.5. The average Bonchev–Trinajstić information content (AvgIpc) is 3.25. The predicted octanol–water partition coefficient (Wildman–Crippen LogP) is 3.63. The molecule has 0 aliphatic carbocycles. The van der Waals surface area contributed by atoms with Gasteiger partial charge in [0.1, 0.15) is 11.6 Å². The van der Waals surface area contributed by atoms with Crippen molar-refractivity contribution < 1.29 is 14.3 Å². The number of benzene rings is 3. The van der Waals surface area contributed by atoms with Gasteiger partial charge in [-0.1, -0.05) is 41.9 Å². The summed E-state index contributed by atoms with van der Waals surface area (Å²) in [4.78, 5) is 30.3. The molecular weight excluding hydrogens is 492 g/mol. The number of methoxy groups -OCH3 is 1. The van der Waals surface area contributed by atoms with Crippen LogP contribution in [0.3, 0.4) is 0 Å². The van der Waals surface area contributed by atoms with E-state index >= 15 is 0 Å². The van der Waals surface area contributed by atoms with Crippen molar-refractivity contribution in [2.24, 2.45) is 4.99 Å². The third-order valence-corrected chi connectivity index (χ3v) is 6.17. The monoisotopic (exact) mass is 514 g/mol. The molecule has 3 aromatic carbocycles. The molecule has 0 fully saturated rings. The van der Waals surface area contributed by atoms with Gasteiger partial charge in [0.2, 0.25) is 5.91 Å². The van der Waals surface area contributed by atoms with Gasteiger partial charge in [0.25, 0.3) is 5.91 Å². The number of ether oxygens (including phenoxy) is 1. The molecule has 9 nitrogen and oxygen atoms in total. The first-order valence-corrected chi connectivity index (χ1v) is 11.9. The highest BCUT2D eigenvalue weighted by Crippen LogP contribution is 2.32. The minimum absolute atomic E-state index is 0.232. The third-order valence-electron chi connectivity index (χ3n) is 5.91. The summed E-state index contributed by atoms with van der Waals surface area (Å²) in [6.45, 7) is 1.60. The standard InChI is InChI=1S/C27H23ClN6O3/c1-16-32-33-26-25(30-23(35)15-29-27(36)18-6-4-3-5-7-18)31-24(17-8-10-19(28)11-9-17)21-14-20(37-2)12-13-22(21)34(16)26/h3-14,25H,15H2,1-2H3,(H,29,36)(H,30,35)/t25-/m1/s1. The fourth-order valence-electron chi connectivity index (χ4n) is 4.13. The zero-order valence-corrected chi connectivity index (χ0v) is 20.9. The second kappa shape index (κ2) is 10.2. The van der Waals surface area contributed by atoms with Crippen molar-refractivity contribution in [3.63, 3.8) is 0 Å². The number of aryl methyl sites for hydroxylation is 1. The number of aliphatic imine (C=N–C) groups is 1. The number of halogens is 1. The van der Waals surface area contributed by atoms with Gasteiger partial charge in [-0.3, -0.25) is 19.1 Å². The molecule has 0 radical (unpaired) electrons. The molecule has 0 saturated heterocycles. The van der Waals surface area contributed by atoms with Crippen LogP contribution in [0.5, 0.6) is 5.75 Å². The lowest BCUT2D eigenvalue weighted by atomic mass is 10.00. The maximum Gasteiger partial charge on any atom is 0.251 e. The van der Waals surface area contributed by atoms with E-state index in [0.29, 0.717) is 33.7 Å². The average molecular weight is 515 g/mol. The molecule has 1 aliphatic heterocycles. The van der Waals surface area contributed by atoms with E-state index in [-0.39, 0.29) is 12.5 Å². The number of nitrogens with zero attached hydrogens (tertiary/aromatic N) is 4. The first-order valence-electron chi connectivity index (χ1n) is 11.5. The van der Waals surface area contributed by atoms with Gasteiger partial charge >= 0.3 is 0 Å². The van der Waals surface area contributed by atoms with Crippen LogP contribution in [-0.4, -0.2) is 45.9 Å². The summed E-state index contributed by atoms with van der Waals surface area (Å²) < 4.78 is 7.34. The zero-order chi connectivity index (χ0) is 25.9. The quantitative estimate of drug-likeness (QED) is 0.408. The molecule has 1 aliphatic rings. The number of nitrogens with one attached hydrogen (secondary N) is 2. The van der Waals surface area contributed by atoms with E-state index in [1.807, 2.05) is 47.9 Å². The van der Waals surface area contributed by atoms with E-state index in [2.05, 4.69) is 20.8 Å². The molecule has 2 heterocycles.